The second-order valence-electron chi connectivity index (χ2n) is 3.76. The number of carbonyl (C=O) groups excluding carboxylic acids is 2. The fourth-order valence-corrected chi connectivity index (χ4v) is 1.49. The molecule has 3 heteroatoms. The van der Waals surface area contributed by atoms with E-state index in [1.807, 2.05) is 30.3 Å². The summed E-state index contributed by atoms with van der Waals surface area (Å²) in [5, 5.41) is 0. The van der Waals surface area contributed by atoms with Crippen molar-refractivity contribution in [3.05, 3.63) is 41.5 Å². The lowest BCUT2D eigenvalue weighted by atomic mass is 10.0. The number of hydrogen-bond acceptors (Lipinski definition) is 3. The van der Waals surface area contributed by atoms with Crippen LogP contribution in [-0.4, -0.2) is 18.9 Å². The van der Waals surface area contributed by atoms with E-state index in [-0.39, 0.29) is 18.2 Å². The first-order chi connectivity index (χ1) is 8.13. The molecule has 0 aliphatic rings. The van der Waals surface area contributed by atoms with E-state index < -0.39 is 0 Å². The zero-order chi connectivity index (χ0) is 12.7. The van der Waals surface area contributed by atoms with Crippen molar-refractivity contribution in [3.8, 4) is 0 Å². The van der Waals surface area contributed by atoms with Gasteiger partial charge in [0.25, 0.3) is 0 Å². The van der Waals surface area contributed by atoms with Crippen LogP contribution in [0.2, 0.25) is 0 Å². The molecule has 1 aromatic carbocycles. The molecule has 90 valence electrons. The second kappa shape index (κ2) is 6.63. The molecule has 0 atom stereocenters. The molecule has 0 spiro atoms. The van der Waals surface area contributed by atoms with Crippen molar-refractivity contribution in [1.29, 1.82) is 0 Å². The van der Waals surface area contributed by atoms with Crippen molar-refractivity contribution in [2.75, 3.05) is 7.11 Å². The molecule has 0 heterocycles. The molecule has 0 aromatic heterocycles. The molecule has 0 unspecified atom stereocenters. The van der Waals surface area contributed by atoms with Crippen LogP contribution < -0.4 is 0 Å². The molecule has 0 amide bonds. The van der Waals surface area contributed by atoms with Gasteiger partial charge in [-0.05, 0) is 18.1 Å². The first-order valence-corrected chi connectivity index (χ1v) is 5.44. The largest absolute Gasteiger partial charge is 0.469 e. The van der Waals surface area contributed by atoms with E-state index in [1.54, 1.807) is 13.0 Å². The van der Waals surface area contributed by atoms with Crippen LogP contribution in [0.4, 0.5) is 0 Å². The van der Waals surface area contributed by atoms with Gasteiger partial charge in [-0.2, -0.15) is 0 Å². The number of esters is 1. The summed E-state index contributed by atoms with van der Waals surface area (Å²) in [7, 11) is 1.36. The van der Waals surface area contributed by atoms with Crippen molar-refractivity contribution in [2.24, 2.45) is 0 Å². The first kappa shape index (κ1) is 13.2. The van der Waals surface area contributed by atoms with E-state index in [0.717, 1.165) is 11.1 Å². The molecule has 0 saturated carbocycles. The molecule has 17 heavy (non-hydrogen) atoms. The minimum absolute atomic E-state index is 0.124. The molecule has 0 N–H and O–H groups in total. The molecular weight excluding hydrogens is 216 g/mol. The fourth-order valence-electron chi connectivity index (χ4n) is 1.49. The maximum atomic E-state index is 11.1. The van der Waals surface area contributed by atoms with Gasteiger partial charge < -0.3 is 4.74 Å². The fraction of sp³-hybridized carbons (Fsp3) is 0.286. The Balaban J connectivity index is 2.76. The smallest absolute Gasteiger partial charge is 0.309 e. The van der Waals surface area contributed by atoms with Crippen LogP contribution in [0.1, 0.15) is 24.5 Å². The van der Waals surface area contributed by atoms with Gasteiger partial charge in [0.15, 0.2) is 0 Å². The van der Waals surface area contributed by atoms with Gasteiger partial charge in [-0.15, -0.1) is 0 Å². The summed E-state index contributed by atoms with van der Waals surface area (Å²) in [6.07, 6.45) is 4.24. The van der Waals surface area contributed by atoms with Crippen LogP contribution in [0.15, 0.2) is 30.3 Å². The second-order valence-corrected chi connectivity index (χ2v) is 3.76. The maximum Gasteiger partial charge on any atom is 0.309 e. The summed E-state index contributed by atoms with van der Waals surface area (Å²) in [5.74, 6) is -0.149. The predicted molar refractivity (Wildman–Crippen MR) is 66.5 cm³/mol. The van der Waals surface area contributed by atoms with E-state index >= 15 is 0 Å². The highest BCUT2D eigenvalue weighted by atomic mass is 16.5. The highest BCUT2D eigenvalue weighted by Crippen LogP contribution is 2.12. The summed E-state index contributed by atoms with van der Waals surface area (Å²) in [6, 6.07) is 7.64. The van der Waals surface area contributed by atoms with Crippen molar-refractivity contribution in [3.63, 3.8) is 0 Å². The number of carbonyl (C=O) groups is 2. The quantitative estimate of drug-likeness (QED) is 0.732. The molecule has 0 aliphatic heterocycles. The first-order valence-electron chi connectivity index (χ1n) is 5.44. The van der Waals surface area contributed by atoms with E-state index in [9.17, 15) is 9.59 Å². The van der Waals surface area contributed by atoms with Crippen molar-refractivity contribution in [1.82, 2.24) is 0 Å². The Hall–Kier alpha value is -1.90. The third-order valence-corrected chi connectivity index (χ3v) is 2.30. The van der Waals surface area contributed by atoms with Gasteiger partial charge in [-0.25, -0.2) is 0 Å². The molecule has 0 bridgehead atoms. The van der Waals surface area contributed by atoms with E-state index in [4.69, 9.17) is 0 Å². The summed E-state index contributed by atoms with van der Waals surface area (Å²) in [5.41, 5.74) is 1.94. The minimum Gasteiger partial charge on any atom is -0.469 e. The van der Waals surface area contributed by atoms with Crippen LogP contribution in [0.25, 0.3) is 6.08 Å². The van der Waals surface area contributed by atoms with E-state index in [2.05, 4.69) is 4.74 Å². The summed E-state index contributed by atoms with van der Waals surface area (Å²) >= 11 is 0. The highest BCUT2D eigenvalue weighted by Gasteiger charge is 2.02. The van der Waals surface area contributed by atoms with Gasteiger partial charge >= 0.3 is 5.97 Å². The lowest BCUT2D eigenvalue weighted by Gasteiger charge is -2.03. The van der Waals surface area contributed by atoms with Crippen LogP contribution in [0, 0.1) is 0 Å². The molecule has 1 aromatic rings. The Morgan fingerprint density at radius 3 is 2.65 bits per heavy atom. The molecule has 0 radical (unpaired) electrons. The number of ketones is 1. The Morgan fingerprint density at radius 1 is 1.29 bits per heavy atom. The Morgan fingerprint density at radius 2 is 2.00 bits per heavy atom. The normalized spacial score (nSPS) is 10.5. The van der Waals surface area contributed by atoms with E-state index in [0.29, 0.717) is 6.42 Å². The third kappa shape index (κ3) is 4.64. The number of rotatable bonds is 5. The number of hydrogen-bond donors (Lipinski definition) is 0. The maximum absolute atomic E-state index is 11.1. The molecule has 0 saturated heterocycles. The van der Waals surface area contributed by atoms with Gasteiger partial charge in [-0.1, -0.05) is 36.4 Å². The summed E-state index contributed by atoms with van der Waals surface area (Å²) < 4.78 is 4.54. The standard InChI is InChI=1S/C14H16O3/c1-11(15)10-13-7-4-3-6-12(13)8-5-9-14(16)17-2/h3-8H,9-10H2,1-2H3. The van der Waals surface area contributed by atoms with Crippen LogP contribution in [0.3, 0.4) is 0 Å². The SMILES string of the molecule is COC(=O)CC=Cc1ccccc1CC(C)=O. The molecule has 0 aliphatic carbocycles. The Bertz CT molecular complexity index is 433. The number of ether oxygens (including phenoxy) is 1. The number of benzene rings is 1. The van der Waals surface area contributed by atoms with Gasteiger partial charge in [-0.3, -0.25) is 9.59 Å². The molecular formula is C14H16O3. The Kier molecular flexibility index (Phi) is 5.14. The summed E-state index contributed by atoms with van der Waals surface area (Å²) in [4.78, 5) is 22.0. The molecule has 1 rings (SSSR count). The highest BCUT2D eigenvalue weighted by molar-refractivity contribution is 5.79. The Labute approximate surface area is 101 Å². The van der Waals surface area contributed by atoms with Crippen molar-refractivity contribution in [2.45, 2.75) is 19.8 Å². The number of Topliss-reactive ketones (excluding diaryl/α,β-unsaturated/α-hetero) is 1. The van der Waals surface area contributed by atoms with Crippen LogP contribution in [0.5, 0.6) is 0 Å². The van der Waals surface area contributed by atoms with Crippen LogP contribution in [-0.2, 0) is 20.7 Å². The minimum atomic E-state index is -0.273. The van der Waals surface area contributed by atoms with Gasteiger partial charge in [0.2, 0.25) is 0 Å². The molecule has 3 nitrogen and oxygen atoms in total. The van der Waals surface area contributed by atoms with Crippen LogP contribution >= 0.6 is 0 Å². The average Bonchev–Trinajstić information content (AvgIpc) is 2.30. The zero-order valence-corrected chi connectivity index (χ0v) is 10.1. The van der Waals surface area contributed by atoms with Gasteiger partial charge in [0.05, 0.1) is 13.5 Å². The third-order valence-electron chi connectivity index (χ3n) is 2.30. The lowest BCUT2D eigenvalue weighted by Crippen LogP contribution is -1.99. The van der Waals surface area contributed by atoms with Gasteiger partial charge in [0.1, 0.15) is 5.78 Å². The van der Waals surface area contributed by atoms with Gasteiger partial charge in [0, 0.05) is 6.42 Å². The number of methoxy groups -OCH3 is 1. The lowest BCUT2D eigenvalue weighted by molar-refractivity contribution is -0.139. The molecule has 0 fully saturated rings. The topological polar surface area (TPSA) is 43.4 Å². The van der Waals surface area contributed by atoms with Crippen molar-refractivity contribution < 1.29 is 14.3 Å². The predicted octanol–water partition coefficient (Wildman–Crippen LogP) is 2.39. The monoisotopic (exact) mass is 232 g/mol. The van der Waals surface area contributed by atoms with Crippen molar-refractivity contribution >= 4 is 17.8 Å². The van der Waals surface area contributed by atoms with E-state index in [1.165, 1.54) is 7.11 Å². The zero-order valence-electron chi connectivity index (χ0n) is 10.1. The average molecular weight is 232 g/mol. The summed E-state index contributed by atoms with van der Waals surface area (Å²) in [6.45, 7) is 1.56.